The molecule has 0 spiro atoms. The molecule has 1 N–H and O–H groups in total. The van der Waals surface area contributed by atoms with E-state index < -0.39 is 0 Å². The van der Waals surface area contributed by atoms with Gasteiger partial charge in [-0.2, -0.15) is 16.4 Å². The van der Waals surface area contributed by atoms with Gasteiger partial charge in [0.05, 0.1) is 19.3 Å². The highest BCUT2D eigenvalue weighted by Gasteiger charge is 2.25. The average molecular weight is 362 g/mol. The number of hydrogen-bond donors (Lipinski definition) is 1. The van der Waals surface area contributed by atoms with Crippen LogP contribution in [0.5, 0.6) is 0 Å². The lowest BCUT2D eigenvalue weighted by Gasteiger charge is -2.35. The van der Waals surface area contributed by atoms with Gasteiger partial charge in [-0.05, 0) is 29.3 Å². The fourth-order valence-corrected chi connectivity index (χ4v) is 3.74. The molecule has 2 aromatic rings. The van der Waals surface area contributed by atoms with Crippen LogP contribution in [0, 0.1) is 0 Å². The maximum Gasteiger partial charge on any atom is 0.194 e. The van der Waals surface area contributed by atoms with E-state index in [0.717, 1.165) is 37.7 Å². The van der Waals surface area contributed by atoms with Crippen molar-refractivity contribution in [2.24, 2.45) is 12.0 Å². The highest BCUT2D eigenvalue weighted by atomic mass is 32.1. The number of guanidine groups is 1. The van der Waals surface area contributed by atoms with Crippen LogP contribution in [0.1, 0.15) is 37.0 Å². The minimum absolute atomic E-state index is 0.0422. The lowest BCUT2D eigenvalue weighted by atomic mass is 10.1. The van der Waals surface area contributed by atoms with Crippen LogP contribution in [-0.2, 0) is 11.8 Å². The Morgan fingerprint density at radius 2 is 2.44 bits per heavy atom. The zero-order valence-corrected chi connectivity index (χ0v) is 16.0. The van der Waals surface area contributed by atoms with E-state index in [-0.39, 0.29) is 6.10 Å². The summed E-state index contributed by atoms with van der Waals surface area (Å²) < 4.78 is 7.76. The molecule has 2 aromatic heterocycles. The molecule has 1 aliphatic rings. The van der Waals surface area contributed by atoms with Crippen LogP contribution < -0.4 is 5.32 Å². The minimum Gasteiger partial charge on any atom is -0.370 e. The monoisotopic (exact) mass is 361 g/mol. The van der Waals surface area contributed by atoms with Gasteiger partial charge in [-0.25, -0.2) is 0 Å². The number of ether oxygens (including phenoxy) is 1. The zero-order chi connectivity index (χ0) is 17.6. The summed E-state index contributed by atoms with van der Waals surface area (Å²) in [6.45, 7) is 8.34. The molecule has 136 valence electrons. The second-order valence-electron chi connectivity index (χ2n) is 6.41. The summed E-state index contributed by atoms with van der Waals surface area (Å²) in [4.78, 5) is 7.18. The fourth-order valence-electron chi connectivity index (χ4n) is 2.96. The van der Waals surface area contributed by atoms with Gasteiger partial charge < -0.3 is 15.0 Å². The normalized spacial score (nSPS) is 19.9. The summed E-state index contributed by atoms with van der Waals surface area (Å²) in [7, 11) is 1.93. The molecule has 2 atom stereocenters. The largest absolute Gasteiger partial charge is 0.370 e. The lowest BCUT2D eigenvalue weighted by molar-refractivity contribution is -0.00804. The van der Waals surface area contributed by atoms with Crippen molar-refractivity contribution in [3.8, 4) is 0 Å². The predicted molar refractivity (Wildman–Crippen MR) is 102 cm³/mol. The Balaban J connectivity index is 1.67. The fraction of sp³-hybridized carbons (Fsp3) is 0.556. The Morgan fingerprint density at radius 3 is 3.12 bits per heavy atom. The smallest absolute Gasteiger partial charge is 0.194 e. The van der Waals surface area contributed by atoms with Gasteiger partial charge in [0.25, 0.3) is 0 Å². The molecule has 1 aliphatic heterocycles. The van der Waals surface area contributed by atoms with Gasteiger partial charge in [0.2, 0.25) is 0 Å². The van der Waals surface area contributed by atoms with Crippen LogP contribution >= 0.6 is 11.3 Å². The lowest BCUT2D eigenvalue weighted by Crippen LogP contribution is -2.48. The van der Waals surface area contributed by atoms with Gasteiger partial charge in [0, 0.05) is 44.4 Å². The number of nitrogens with one attached hydrogen (secondary N) is 1. The van der Waals surface area contributed by atoms with Crippen molar-refractivity contribution < 1.29 is 4.74 Å². The summed E-state index contributed by atoms with van der Waals surface area (Å²) in [6.07, 6.45) is 3.95. The Bertz CT molecular complexity index is 681. The number of aliphatic imine (C=N–C) groups is 1. The van der Waals surface area contributed by atoms with E-state index in [9.17, 15) is 0 Å². The third-order valence-corrected chi connectivity index (χ3v) is 5.13. The van der Waals surface area contributed by atoms with Crippen LogP contribution in [0.25, 0.3) is 0 Å². The topological polar surface area (TPSA) is 54.7 Å². The Hall–Kier alpha value is -1.86. The summed E-state index contributed by atoms with van der Waals surface area (Å²) in [5.74, 6) is 1.40. The van der Waals surface area contributed by atoms with E-state index in [1.807, 2.05) is 24.1 Å². The number of thiophene rings is 1. The maximum absolute atomic E-state index is 5.94. The van der Waals surface area contributed by atoms with Crippen molar-refractivity contribution >= 4 is 17.3 Å². The van der Waals surface area contributed by atoms with E-state index in [1.165, 1.54) is 5.56 Å². The van der Waals surface area contributed by atoms with Crippen molar-refractivity contribution in [3.05, 3.63) is 40.3 Å². The number of aromatic nitrogens is 2. The molecular formula is C18H27N5OS. The van der Waals surface area contributed by atoms with Crippen LogP contribution in [0.4, 0.5) is 0 Å². The molecule has 3 heterocycles. The SMILES string of the molecule is CCNC(=NCC(C)c1ccsc1)N1CCOC(c2cnn(C)c2)C1. The second-order valence-corrected chi connectivity index (χ2v) is 7.19. The molecule has 6 nitrogen and oxygen atoms in total. The molecule has 0 aromatic carbocycles. The molecule has 3 rings (SSSR count). The number of morpholine rings is 1. The van der Waals surface area contributed by atoms with Crippen molar-refractivity contribution in [2.45, 2.75) is 25.9 Å². The number of aryl methyl sites for hydroxylation is 1. The van der Waals surface area contributed by atoms with Crippen molar-refractivity contribution in [2.75, 3.05) is 32.8 Å². The first-order valence-electron chi connectivity index (χ1n) is 8.83. The molecule has 2 unspecified atom stereocenters. The van der Waals surface area contributed by atoms with Gasteiger partial charge in [-0.1, -0.05) is 6.92 Å². The van der Waals surface area contributed by atoms with Gasteiger partial charge in [0.1, 0.15) is 6.10 Å². The van der Waals surface area contributed by atoms with Crippen LogP contribution in [-0.4, -0.2) is 53.4 Å². The van der Waals surface area contributed by atoms with E-state index >= 15 is 0 Å². The third-order valence-electron chi connectivity index (χ3n) is 4.42. The molecule has 0 radical (unpaired) electrons. The molecular weight excluding hydrogens is 334 g/mol. The third kappa shape index (κ3) is 4.61. The molecule has 0 amide bonds. The Morgan fingerprint density at radius 1 is 1.56 bits per heavy atom. The van der Waals surface area contributed by atoms with Crippen LogP contribution in [0.15, 0.2) is 34.2 Å². The molecule has 1 saturated heterocycles. The van der Waals surface area contributed by atoms with Gasteiger partial charge in [0.15, 0.2) is 5.96 Å². The van der Waals surface area contributed by atoms with Crippen molar-refractivity contribution in [1.29, 1.82) is 0 Å². The minimum atomic E-state index is 0.0422. The van der Waals surface area contributed by atoms with Gasteiger partial charge in [-0.3, -0.25) is 9.67 Å². The Kier molecular flexibility index (Phi) is 6.09. The second kappa shape index (κ2) is 8.49. The molecule has 0 aliphatic carbocycles. The quantitative estimate of drug-likeness (QED) is 0.657. The highest BCUT2D eigenvalue weighted by molar-refractivity contribution is 7.07. The summed E-state index contributed by atoms with van der Waals surface area (Å²) in [5.41, 5.74) is 2.48. The standard InChI is InChI=1S/C18H27N5OS/c1-4-19-18(20-9-14(2)15-5-8-25-13-15)23-6-7-24-17(12-23)16-10-21-22(3)11-16/h5,8,10-11,13-14,17H,4,6-7,9,12H2,1-3H3,(H,19,20). The average Bonchev–Trinajstić information content (AvgIpc) is 3.30. The first-order chi connectivity index (χ1) is 12.2. The first kappa shape index (κ1) is 17.9. The number of nitrogens with zero attached hydrogens (tertiary/aromatic N) is 4. The van der Waals surface area contributed by atoms with Gasteiger partial charge in [-0.15, -0.1) is 0 Å². The van der Waals surface area contributed by atoms with Crippen molar-refractivity contribution in [3.63, 3.8) is 0 Å². The molecule has 1 fully saturated rings. The highest BCUT2D eigenvalue weighted by Crippen LogP contribution is 2.22. The van der Waals surface area contributed by atoms with Gasteiger partial charge >= 0.3 is 0 Å². The van der Waals surface area contributed by atoms with Crippen LogP contribution in [0.2, 0.25) is 0 Å². The Labute approximate surface area is 153 Å². The van der Waals surface area contributed by atoms with E-state index in [0.29, 0.717) is 12.5 Å². The van der Waals surface area contributed by atoms with Crippen LogP contribution in [0.3, 0.4) is 0 Å². The first-order valence-corrected chi connectivity index (χ1v) is 9.77. The van der Waals surface area contributed by atoms with Crippen molar-refractivity contribution in [1.82, 2.24) is 20.0 Å². The molecule has 25 heavy (non-hydrogen) atoms. The summed E-state index contributed by atoms with van der Waals surface area (Å²) in [6, 6.07) is 2.19. The maximum atomic E-state index is 5.94. The zero-order valence-electron chi connectivity index (χ0n) is 15.2. The molecule has 0 saturated carbocycles. The summed E-state index contributed by atoms with van der Waals surface area (Å²) >= 11 is 1.74. The van der Waals surface area contributed by atoms with E-state index in [2.05, 4.69) is 46.0 Å². The number of rotatable bonds is 5. The van der Waals surface area contributed by atoms with E-state index in [1.54, 1.807) is 11.3 Å². The summed E-state index contributed by atoms with van der Waals surface area (Å²) in [5, 5.41) is 12.0. The molecule has 7 heteroatoms. The predicted octanol–water partition coefficient (Wildman–Crippen LogP) is 2.62. The molecule has 0 bridgehead atoms. The van der Waals surface area contributed by atoms with E-state index in [4.69, 9.17) is 9.73 Å². The number of hydrogen-bond acceptors (Lipinski definition) is 4.